The van der Waals surface area contributed by atoms with Crippen LogP contribution in [0, 0.1) is 6.92 Å². The van der Waals surface area contributed by atoms with E-state index in [1.54, 1.807) is 6.92 Å². The maximum absolute atomic E-state index is 12.2. The van der Waals surface area contributed by atoms with E-state index in [0.717, 1.165) is 37.0 Å². The Hall–Kier alpha value is -0.310. The van der Waals surface area contributed by atoms with Gasteiger partial charge in [0, 0.05) is 17.0 Å². The van der Waals surface area contributed by atoms with Gasteiger partial charge in [-0.05, 0) is 38.9 Å². The number of hydrogen-bond donors (Lipinski definition) is 2. The second kappa shape index (κ2) is 5.99. The van der Waals surface area contributed by atoms with Gasteiger partial charge < -0.3 is 4.98 Å². The Morgan fingerprint density at radius 3 is 2.42 bits per heavy atom. The van der Waals surface area contributed by atoms with Crippen LogP contribution in [0.25, 0.3) is 0 Å². The van der Waals surface area contributed by atoms with Gasteiger partial charge in [-0.25, -0.2) is 13.1 Å². The molecule has 1 aromatic rings. The van der Waals surface area contributed by atoms with Gasteiger partial charge in [-0.1, -0.05) is 11.3 Å². The normalized spacial score (nSPS) is 24.5. The van der Waals surface area contributed by atoms with Crippen molar-refractivity contribution in [1.29, 1.82) is 0 Å². The molecule has 1 aromatic heterocycles. The summed E-state index contributed by atoms with van der Waals surface area (Å²) in [7, 11) is -3.56. The monoisotopic (exact) mass is 322 g/mol. The predicted octanol–water partition coefficient (Wildman–Crippen LogP) is 1.70. The lowest BCUT2D eigenvalue weighted by Crippen LogP contribution is -2.38. The predicted molar refractivity (Wildman–Crippen MR) is 79.6 cm³/mol. The fourth-order valence-corrected chi connectivity index (χ4v) is 5.70. The molecule has 0 unspecified atom stereocenters. The first-order valence-electron chi connectivity index (χ1n) is 6.17. The van der Waals surface area contributed by atoms with E-state index in [4.69, 9.17) is 0 Å². The maximum Gasteiger partial charge on any atom is 0.305 e. The third-order valence-electron chi connectivity index (χ3n) is 3.35. The van der Waals surface area contributed by atoms with Crippen LogP contribution in [0.15, 0.2) is 9.00 Å². The molecule has 0 bridgehead atoms. The lowest BCUT2D eigenvalue weighted by atomic mass is 9.96. The molecule has 0 saturated heterocycles. The Balaban J connectivity index is 2.06. The molecule has 0 radical (unpaired) electrons. The molecule has 1 aliphatic carbocycles. The van der Waals surface area contributed by atoms with Gasteiger partial charge in [0.2, 0.25) is 0 Å². The molecule has 108 valence electrons. The highest BCUT2D eigenvalue weighted by molar-refractivity contribution is 7.99. The van der Waals surface area contributed by atoms with Gasteiger partial charge in [0.15, 0.2) is 4.21 Å². The molecule has 1 fully saturated rings. The molecule has 2 N–H and O–H groups in total. The Labute approximate surface area is 121 Å². The number of sulfonamides is 1. The van der Waals surface area contributed by atoms with E-state index in [1.165, 1.54) is 0 Å². The first kappa shape index (κ1) is 15.1. The maximum atomic E-state index is 12.2. The zero-order valence-electron chi connectivity index (χ0n) is 10.9. The van der Waals surface area contributed by atoms with E-state index in [0.29, 0.717) is 10.9 Å². The van der Waals surface area contributed by atoms with Crippen LogP contribution in [0.3, 0.4) is 0 Å². The first-order valence-corrected chi connectivity index (χ1v) is 9.76. The van der Waals surface area contributed by atoms with Gasteiger partial charge in [0.05, 0.1) is 0 Å². The van der Waals surface area contributed by atoms with Crippen LogP contribution in [0.2, 0.25) is 0 Å². The molecule has 19 heavy (non-hydrogen) atoms. The summed E-state index contributed by atoms with van der Waals surface area (Å²) in [4.78, 5) is 13.4. The molecule has 0 amide bonds. The van der Waals surface area contributed by atoms with E-state index in [2.05, 4.69) is 16.0 Å². The van der Waals surface area contributed by atoms with Crippen molar-refractivity contribution in [2.75, 3.05) is 6.26 Å². The number of aromatic amines is 1. The number of aryl methyl sites for hydroxylation is 1. The second-order valence-electron chi connectivity index (χ2n) is 4.76. The number of rotatable bonds is 4. The van der Waals surface area contributed by atoms with E-state index in [9.17, 15) is 13.2 Å². The van der Waals surface area contributed by atoms with Crippen LogP contribution < -0.4 is 9.60 Å². The van der Waals surface area contributed by atoms with Crippen LogP contribution in [0.5, 0.6) is 0 Å². The lowest BCUT2D eigenvalue weighted by molar-refractivity contribution is 0.420. The lowest BCUT2D eigenvalue weighted by Gasteiger charge is -2.27. The van der Waals surface area contributed by atoms with Gasteiger partial charge in [0.25, 0.3) is 10.0 Å². The Morgan fingerprint density at radius 2 is 1.95 bits per heavy atom. The van der Waals surface area contributed by atoms with Gasteiger partial charge in [-0.2, -0.15) is 11.8 Å². The summed E-state index contributed by atoms with van der Waals surface area (Å²) in [5.41, 5.74) is 0.417. The minimum Gasteiger partial charge on any atom is -0.315 e. The Bertz CT molecular complexity index is 583. The second-order valence-corrected chi connectivity index (χ2v) is 8.79. The van der Waals surface area contributed by atoms with Crippen LogP contribution in [0.1, 0.15) is 31.4 Å². The van der Waals surface area contributed by atoms with Crippen LogP contribution in [0.4, 0.5) is 0 Å². The molecule has 0 aliphatic heterocycles. The molecule has 1 aliphatic rings. The van der Waals surface area contributed by atoms with E-state index in [-0.39, 0.29) is 15.1 Å². The topological polar surface area (TPSA) is 79.0 Å². The SMILES string of the molecule is CSC1CCC(NS(=O)(=O)c2sc(=O)[nH]c2C)CC1. The van der Waals surface area contributed by atoms with Crippen molar-refractivity contribution < 1.29 is 8.42 Å². The highest BCUT2D eigenvalue weighted by Gasteiger charge is 2.27. The van der Waals surface area contributed by atoms with Gasteiger partial charge in [-0.3, -0.25) is 4.79 Å². The summed E-state index contributed by atoms with van der Waals surface area (Å²) in [6, 6.07) is -0.00926. The average Bonchev–Trinajstić information content (AvgIpc) is 2.70. The highest BCUT2D eigenvalue weighted by atomic mass is 32.2. The Kier molecular flexibility index (Phi) is 4.75. The van der Waals surface area contributed by atoms with E-state index < -0.39 is 10.0 Å². The summed E-state index contributed by atoms with van der Waals surface area (Å²) in [6.07, 6.45) is 5.90. The minimum absolute atomic E-state index is 0.00926. The number of thiazole rings is 1. The standard InChI is InChI=1S/C11H18N2O3S3/c1-7-10(18-11(14)12-7)19(15,16)13-8-3-5-9(17-2)6-4-8/h8-9,13H,3-6H2,1-2H3,(H,12,14). The highest BCUT2D eigenvalue weighted by Crippen LogP contribution is 2.28. The third kappa shape index (κ3) is 3.62. The van der Waals surface area contributed by atoms with Gasteiger partial charge in [0.1, 0.15) is 0 Å². The van der Waals surface area contributed by atoms with Gasteiger partial charge >= 0.3 is 4.87 Å². The summed E-state index contributed by atoms with van der Waals surface area (Å²) >= 11 is 2.60. The molecule has 0 atom stereocenters. The molecule has 1 saturated carbocycles. The summed E-state index contributed by atoms with van der Waals surface area (Å²) in [5, 5.41) is 0.644. The van der Waals surface area contributed by atoms with Gasteiger partial charge in [-0.15, -0.1) is 0 Å². The number of thioether (sulfide) groups is 1. The zero-order chi connectivity index (χ0) is 14.0. The molecule has 0 aromatic carbocycles. The number of aromatic nitrogens is 1. The average molecular weight is 322 g/mol. The fraction of sp³-hybridized carbons (Fsp3) is 0.727. The van der Waals surface area contributed by atoms with Crippen molar-refractivity contribution in [3.05, 3.63) is 15.4 Å². The molecule has 2 rings (SSSR count). The van der Waals surface area contributed by atoms with Crippen molar-refractivity contribution in [2.45, 2.75) is 48.1 Å². The first-order chi connectivity index (χ1) is 8.92. The van der Waals surface area contributed by atoms with Crippen molar-refractivity contribution >= 4 is 33.1 Å². The van der Waals surface area contributed by atoms with Crippen molar-refractivity contribution in [1.82, 2.24) is 9.71 Å². The van der Waals surface area contributed by atoms with Crippen LogP contribution in [-0.2, 0) is 10.0 Å². The Morgan fingerprint density at radius 1 is 1.32 bits per heavy atom. The summed E-state index contributed by atoms with van der Waals surface area (Å²) < 4.78 is 27.3. The largest absolute Gasteiger partial charge is 0.315 e. The third-order valence-corrected chi connectivity index (χ3v) is 7.62. The molecule has 1 heterocycles. The molecule has 0 spiro atoms. The molecular weight excluding hydrogens is 304 g/mol. The van der Waals surface area contributed by atoms with Crippen molar-refractivity contribution in [3.8, 4) is 0 Å². The van der Waals surface area contributed by atoms with Crippen LogP contribution >= 0.6 is 23.1 Å². The smallest absolute Gasteiger partial charge is 0.305 e. The van der Waals surface area contributed by atoms with Crippen molar-refractivity contribution in [2.24, 2.45) is 0 Å². The van der Waals surface area contributed by atoms with Crippen LogP contribution in [-0.4, -0.2) is 30.9 Å². The number of nitrogens with one attached hydrogen (secondary N) is 2. The minimum atomic E-state index is -3.56. The fourth-order valence-electron chi connectivity index (χ4n) is 2.34. The van der Waals surface area contributed by atoms with E-state index in [1.807, 2.05) is 11.8 Å². The summed E-state index contributed by atoms with van der Waals surface area (Å²) in [6.45, 7) is 1.61. The van der Waals surface area contributed by atoms with E-state index >= 15 is 0 Å². The zero-order valence-corrected chi connectivity index (χ0v) is 13.4. The molecular formula is C11H18N2O3S3. The number of H-pyrrole nitrogens is 1. The molecule has 8 heteroatoms. The number of hydrogen-bond acceptors (Lipinski definition) is 5. The van der Waals surface area contributed by atoms with Crippen molar-refractivity contribution in [3.63, 3.8) is 0 Å². The quantitative estimate of drug-likeness (QED) is 0.884. The summed E-state index contributed by atoms with van der Waals surface area (Å²) in [5.74, 6) is 0. The molecule has 5 nitrogen and oxygen atoms in total.